The summed E-state index contributed by atoms with van der Waals surface area (Å²) >= 11 is 0. The number of hydrogen-bond donors (Lipinski definition) is 5. The van der Waals surface area contributed by atoms with Crippen LogP contribution in [-0.2, 0) is 0 Å². The van der Waals surface area contributed by atoms with Gasteiger partial charge in [-0.25, -0.2) is 0 Å². The molecule has 0 fully saturated rings. The quantitative estimate of drug-likeness (QED) is 0.329. The zero-order valence-corrected chi connectivity index (χ0v) is 7.77. The molecule has 0 aromatic carbocycles. The fourth-order valence-corrected chi connectivity index (χ4v) is 1.31. The number of rotatable bonds is 6. The van der Waals surface area contributed by atoms with Crippen molar-refractivity contribution in [1.29, 1.82) is 0 Å². The molecular weight excluding hydrogens is 176 g/mol. The van der Waals surface area contributed by atoms with Gasteiger partial charge in [0.25, 0.3) is 0 Å². The van der Waals surface area contributed by atoms with E-state index in [1.165, 1.54) is 0 Å². The monoisotopic (exact) mass is 194 g/mol. The summed E-state index contributed by atoms with van der Waals surface area (Å²) in [5.74, 6) is -2.44. The SMILES string of the molecule is CCCC(CO)(CO)C(O)(O)CO. The van der Waals surface area contributed by atoms with Crippen LogP contribution in [0.2, 0.25) is 0 Å². The van der Waals surface area contributed by atoms with E-state index in [0.29, 0.717) is 6.42 Å². The van der Waals surface area contributed by atoms with Crippen molar-refractivity contribution in [3.05, 3.63) is 0 Å². The van der Waals surface area contributed by atoms with E-state index in [4.69, 9.17) is 15.3 Å². The molecule has 0 aromatic rings. The highest BCUT2D eigenvalue weighted by Gasteiger charge is 2.47. The molecule has 0 aromatic heterocycles. The van der Waals surface area contributed by atoms with Gasteiger partial charge in [0, 0.05) is 0 Å². The van der Waals surface area contributed by atoms with E-state index < -0.39 is 31.0 Å². The van der Waals surface area contributed by atoms with E-state index in [1.54, 1.807) is 6.92 Å². The van der Waals surface area contributed by atoms with Gasteiger partial charge in [-0.15, -0.1) is 0 Å². The van der Waals surface area contributed by atoms with Crippen molar-refractivity contribution in [3.63, 3.8) is 0 Å². The molecule has 13 heavy (non-hydrogen) atoms. The standard InChI is InChI=1S/C8H18O5/c1-2-3-7(4-9,5-10)8(12,13)6-11/h9-13H,2-6H2,1H3. The molecule has 0 heterocycles. The van der Waals surface area contributed by atoms with Gasteiger partial charge in [0.15, 0.2) is 5.79 Å². The zero-order chi connectivity index (χ0) is 10.5. The van der Waals surface area contributed by atoms with E-state index in [0.717, 1.165) is 0 Å². The highest BCUT2D eigenvalue weighted by molar-refractivity contribution is 4.90. The lowest BCUT2D eigenvalue weighted by Gasteiger charge is -2.40. The van der Waals surface area contributed by atoms with Gasteiger partial charge in [-0.3, -0.25) is 0 Å². The summed E-state index contributed by atoms with van der Waals surface area (Å²) in [6.45, 7) is -0.280. The van der Waals surface area contributed by atoms with E-state index in [1.807, 2.05) is 0 Å². The lowest BCUT2D eigenvalue weighted by atomic mass is 9.77. The first-order chi connectivity index (χ1) is 5.99. The molecule has 0 spiro atoms. The molecule has 0 aliphatic carbocycles. The molecule has 0 atom stereocenters. The Balaban J connectivity index is 4.73. The highest BCUT2D eigenvalue weighted by Crippen LogP contribution is 2.33. The molecule has 0 bridgehead atoms. The Morgan fingerprint density at radius 1 is 0.923 bits per heavy atom. The van der Waals surface area contributed by atoms with Crippen LogP contribution in [-0.4, -0.2) is 51.1 Å². The second kappa shape index (κ2) is 4.88. The van der Waals surface area contributed by atoms with Gasteiger partial charge in [-0.05, 0) is 6.42 Å². The molecular formula is C8H18O5. The Kier molecular flexibility index (Phi) is 4.80. The van der Waals surface area contributed by atoms with Gasteiger partial charge >= 0.3 is 0 Å². The average Bonchev–Trinajstić information content (AvgIpc) is 2.14. The van der Waals surface area contributed by atoms with E-state index in [9.17, 15) is 10.2 Å². The summed E-state index contributed by atoms with van der Waals surface area (Å²) < 4.78 is 0. The number of aliphatic hydroxyl groups is 5. The molecule has 5 N–H and O–H groups in total. The maximum absolute atomic E-state index is 9.35. The maximum atomic E-state index is 9.35. The molecule has 0 unspecified atom stereocenters. The number of hydrogen-bond acceptors (Lipinski definition) is 5. The van der Waals surface area contributed by atoms with Crippen LogP contribution in [0, 0.1) is 5.41 Å². The van der Waals surface area contributed by atoms with Gasteiger partial charge in [0.2, 0.25) is 0 Å². The normalized spacial score (nSPS) is 13.4. The van der Waals surface area contributed by atoms with Crippen LogP contribution in [0.5, 0.6) is 0 Å². The molecule has 0 aliphatic heterocycles. The molecule has 0 rings (SSSR count). The van der Waals surface area contributed by atoms with Crippen LogP contribution in [0.25, 0.3) is 0 Å². The topological polar surface area (TPSA) is 101 Å². The summed E-state index contributed by atoms with van der Waals surface area (Å²) in [6.07, 6.45) is 0.803. The Hall–Kier alpha value is -0.200. The van der Waals surface area contributed by atoms with Crippen molar-refractivity contribution >= 4 is 0 Å². The number of aliphatic hydroxyl groups excluding tert-OH is 3. The van der Waals surface area contributed by atoms with Gasteiger partial charge in [0.1, 0.15) is 0 Å². The van der Waals surface area contributed by atoms with Gasteiger partial charge in [-0.1, -0.05) is 13.3 Å². The third-order valence-corrected chi connectivity index (χ3v) is 2.40. The Morgan fingerprint density at radius 2 is 1.38 bits per heavy atom. The summed E-state index contributed by atoms with van der Waals surface area (Å²) in [7, 11) is 0. The average molecular weight is 194 g/mol. The van der Waals surface area contributed by atoms with Crippen molar-refractivity contribution in [2.24, 2.45) is 5.41 Å². The van der Waals surface area contributed by atoms with E-state index >= 15 is 0 Å². The first kappa shape index (κ1) is 12.8. The minimum Gasteiger partial charge on any atom is -0.395 e. The Bertz CT molecular complexity index is 141. The molecule has 80 valence electrons. The summed E-state index contributed by atoms with van der Waals surface area (Å²) in [5.41, 5.74) is -1.45. The minimum atomic E-state index is -2.44. The van der Waals surface area contributed by atoms with E-state index in [-0.39, 0.29) is 6.42 Å². The predicted molar refractivity (Wildman–Crippen MR) is 45.8 cm³/mol. The molecule has 0 radical (unpaired) electrons. The lowest BCUT2D eigenvalue weighted by molar-refractivity contribution is -0.281. The van der Waals surface area contributed by atoms with Crippen LogP contribution in [0.4, 0.5) is 0 Å². The second-order valence-corrected chi connectivity index (χ2v) is 3.32. The predicted octanol–water partition coefficient (Wildman–Crippen LogP) is -1.57. The molecule has 0 amide bonds. The van der Waals surface area contributed by atoms with Crippen LogP contribution in [0.3, 0.4) is 0 Å². The first-order valence-electron chi connectivity index (χ1n) is 4.27. The highest BCUT2D eigenvalue weighted by atomic mass is 16.5. The zero-order valence-electron chi connectivity index (χ0n) is 7.77. The van der Waals surface area contributed by atoms with Crippen molar-refractivity contribution in [2.45, 2.75) is 25.6 Å². The van der Waals surface area contributed by atoms with Crippen LogP contribution in [0.1, 0.15) is 19.8 Å². The summed E-state index contributed by atoms with van der Waals surface area (Å²) in [4.78, 5) is 0. The molecule has 5 heteroatoms. The third-order valence-electron chi connectivity index (χ3n) is 2.40. The maximum Gasteiger partial charge on any atom is 0.196 e. The lowest BCUT2D eigenvalue weighted by Crippen LogP contribution is -2.55. The van der Waals surface area contributed by atoms with Gasteiger partial charge in [0.05, 0.1) is 25.2 Å². The molecule has 5 nitrogen and oxygen atoms in total. The van der Waals surface area contributed by atoms with Gasteiger partial charge in [-0.2, -0.15) is 0 Å². The van der Waals surface area contributed by atoms with Crippen molar-refractivity contribution in [1.82, 2.24) is 0 Å². The van der Waals surface area contributed by atoms with E-state index in [2.05, 4.69) is 0 Å². The van der Waals surface area contributed by atoms with Crippen molar-refractivity contribution in [3.8, 4) is 0 Å². The fourth-order valence-electron chi connectivity index (χ4n) is 1.31. The minimum absolute atomic E-state index is 0.230. The van der Waals surface area contributed by atoms with Crippen molar-refractivity contribution < 1.29 is 25.5 Å². The summed E-state index contributed by atoms with van der Waals surface area (Å²) in [6, 6.07) is 0. The Labute approximate surface area is 77.3 Å². The first-order valence-corrected chi connectivity index (χ1v) is 4.27. The molecule has 0 aliphatic rings. The van der Waals surface area contributed by atoms with Crippen molar-refractivity contribution in [2.75, 3.05) is 19.8 Å². The molecule has 0 saturated heterocycles. The molecule has 0 saturated carbocycles. The third kappa shape index (κ3) is 2.38. The Morgan fingerprint density at radius 3 is 1.62 bits per heavy atom. The van der Waals surface area contributed by atoms with Gasteiger partial charge < -0.3 is 25.5 Å². The largest absolute Gasteiger partial charge is 0.395 e. The van der Waals surface area contributed by atoms with Crippen LogP contribution in [0.15, 0.2) is 0 Å². The summed E-state index contributed by atoms with van der Waals surface area (Å²) in [5, 5.41) is 45.4. The fraction of sp³-hybridized carbons (Fsp3) is 1.00. The smallest absolute Gasteiger partial charge is 0.196 e. The van der Waals surface area contributed by atoms with Crippen LogP contribution < -0.4 is 0 Å². The second-order valence-electron chi connectivity index (χ2n) is 3.32. The van der Waals surface area contributed by atoms with Crippen LogP contribution >= 0.6 is 0 Å².